The van der Waals surface area contributed by atoms with E-state index in [2.05, 4.69) is 9.63 Å². The average Bonchev–Trinajstić information content (AvgIpc) is 2.68. The lowest BCUT2D eigenvalue weighted by molar-refractivity contribution is 0.103. The molecule has 0 aliphatic carbocycles. The summed E-state index contributed by atoms with van der Waals surface area (Å²) in [7, 11) is -3.84. The zero-order valence-electron chi connectivity index (χ0n) is 14.0. The summed E-state index contributed by atoms with van der Waals surface area (Å²) in [5.41, 5.74) is 2.53. The number of hydrogen-bond acceptors (Lipinski definition) is 4. The number of aryl methyl sites for hydroxylation is 1. The standard InChI is InChI=1S/C20H16N2O3S/c1-15-7-9-16(10-8-15)20(23)17-11-13-18(14-12-17)21-22-26(24,25)19-5-3-2-4-6-19/h2-14H,1H3. The Labute approximate surface area is 152 Å². The largest absolute Gasteiger partial charge is 0.299 e. The minimum absolute atomic E-state index is 0.0786. The fourth-order valence-corrected chi connectivity index (χ4v) is 3.09. The van der Waals surface area contributed by atoms with Crippen molar-refractivity contribution in [2.75, 3.05) is 0 Å². The van der Waals surface area contributed by atoms with Crippen molar-refractivity contribution in [2.45, 2.75) is 11.8 Å². The lowest BCUT2D eigenvalue weighted by Crippen LogP contribution is -2.00. The Morgan fingerprint density at radius 3 is 1.88 bits per heavy atom. The molecular formula is C20H16N2O3S. The highest BCUT2D eigenvalue weighted by Gasteiger charge is 2.12. The second-order valence-corrected chi connectivity index (χ2v) is 7.30. The first-order chi connectivity index (χ1) is 12.5. The summed E-state index contributed by atoms with van der Waals surface area (Å²) in [4.78, 5) is 12.5. The second kappa shape index (κ2) is 7.41. The van der Waals surface area contributed by atoms with Crippen molar-refractivity contribution in [3.8, 4) is 0 Å². The predicted molar refractivity (Wildman–Crippen MR) is 99.2 cm³/mol. The topological polar surface area (TPSA) is 75.9 Å². The van der Waals surface area contributed by atoms with Gasteiger partial charge in [0.2, 0.25) is 0 Å². The number of ketones is 1. The van der Waals surface area contributed by atoms with E-state index in [1.807, 2.05) is 19.1 Å². The van der Waals surface area contributed by atoms with Crippen molar-refractivity contribution in [3.63, 3.8) is 0 Å². The van der Waals surface area contributed by atoms with Gasteiger partial charge in [0.05, 0.1) is 10.6 Å². The van der Waals surface area contributed by atoms with Gasteiger partial charge in [-0.3, -0.25) is 4.79 Å². The van der Waals surface area contributed by atoms with Gasteiger partial charge >= 0.3 is 0 Å². The van der Waals surface area contributed by atoms with Gasteiger partial charge in [-0.2, -0.15) is 8.42 Å². The zero-order valence-corrected chi connectivity index (χ0v) is 14.8. The molecule has 0 aromatic heterocycles. The third-order valence-corrected chi connectivity index (χ3v) is 4.91. The van der Waals surface area contributed by atoms with Gasteiger partial charge in [-0.05, 0) is 43.3 Å². The highest BCUT2D eigenvalue weighted by Crippen LogP contribution is 2.19. The molecule has 0 spiro atoms. The lowest BCUT2D eigenvalue weighted by Gasteiger charge is -2.02. The third kappa shape index (κ3) is 4.10. The van der Waals surface area contributed by atoms with Crippen molar-refractivity contribution in [1.29, 1.82) is 0 Å². The van der Waals surface area contributed by atoms with Crippen LogP contribution in [0.1, 0.15) is 21.5 Å². The van der Waals surface area contributed by atoms with Gasteiger partial charge in [0.1, 0.15) is 0 Å². The molecule has 0 saturated carbocycles. The van der Waals surface area contributed by atoms with Crippen molar-refractivity contribution < 1.29 is 13.2 Å². The second-order valence-electron chi connectivity index (χ2n) is 5.71. The first-order valence-corrected chi connectivity index (χ1v) is 9.34. The monoisotopic (exact) mass is 364 g/mol. The maximum Gasteiger partial charge on any atom is 0.299 e. The van der Waals surface area contributed by atoms with Crippen LogP contribution in [0.3, 0.4) is 0 Å². The molecule has 0 aliphatic rings. The quantitative estimate of drug-likeness (QED) is 0.486. The molecule has 0 radical (unpaired) electrons. The molecule has 0 fully saturated rings. The summed E-state index contributed by atoms with van der Waals surface area (Å²) >= 11 is 0. The molecule has 130 valence electrons. The summed E-state index contributed by atoms with van der Waals surface area (Å²) in [6, 6.07) is 21.5. The Morgan fingerprint density at radius 2 is 1.31 bits per heavy atom. The summed E-state index contributed by atoms with van der Waals surface area (Å²) in [5.74, 6) is -0.106. The van der Waals surface area contributed by atoms with Crippen molar-refractivity contribution in [2.24, 2.45) is 9.63 Å². The van der Waals surface area contributed by atoms with Gasteiger partial charge in [0.15, 0.2) is 5.78 Å². The molecule has 0 unspecified atom stereocenters. The van der Waals surface area contributed by atoms with Crippen LogP contribution in [0.25, 0.3) is 0 Å². The van der Waals surface area contributed by atoms with Gasteiger partial charge in [-0.25, -0.2) is 0 Å². The molecule has 0 bridgehead atoms. The van der Waals surface area contributed by atoms with E-state index in [0.717, 1.165) is 5.56 Å². The van der Waals surface area contributed by atoms with Crippen molar-refractivity contribution in [1.82, 2.24) is 0 Å². The minimum Gasteiger partial charge on any atom is -0.289 e. The molecule has 3 rings (SSSR count). The Bertz CT molecular complexity index is 1040. The van der Waals surface area contributed by atoms with Gasteiger partial charge < -0.3 is 0 Å². The van der Waals surface area contributed by atoms with Crippen LogP contribution in [-0.2, 0) is 10.0 Å². The van der Waals surface area contributed by atoms with Crippen LogP contribution in [0.4, 0.5) is 5.69 Å². The molecule has 3 aromatic rings. The predicted octanol–water partition coefficient (Wildman–Crippen LogP) is 4.70. The van der Waals surface area contributed by atoms with Crippen LogP contribution in [-0.4, -0.2) is 14.2 Å². The fourth-order valence-electron chi connectivity index (χ4n) is 2.29. The normalized spacial score (nSPS) is 11.6. The van der Waals surface area contributed by atoms with E-state index >= 15 is 0 Å². The average molecular weight is 364 g/mol. The van der Waals surface area contributed by atoms with Gasteiger partial charge in [0, 0.05) is 11.1 Å². The van der Waals surface area contributed by atoms with Crippen LogP contribution in [0, 0.1) is 6.92 Å². The lowest BCUT2D eigenvalue weighted by atomic mass is 10.0. The van der Waals surface area contributed by atoms with Crippen LogP contribution >= 0.6 is 0 Å². The summed E-state index contributed by atoms with van der Waals surface area (Å²) in [6.45, 7) is 1.96. The van der Waals surface area contributed by atoms with Crippen LogP contribution < -0.4 is 0 Å². The number of carbonyl (C=O) groups is 1. The fraction of sp³-hybridized carbons (Fsp3) is 0.0500. The molecule has 0 amide bonds. The summed E-state index contributed by atoms with van der Waals surface area (Å²) < 4.78 is 27.6. The summed E-state index contributed by atoms with van der Waals surface area (Å²) in [5, 5.41) is 3.76. The Balaban J connectivity index is 1.77. The van der Waals surface area contributed by atoms with Crippen LogP contribution in [0.2, 0.25) is 0 Å². The van der Waals surface area contributed by atoms with E-state index in [1.54, 1.807) is 54.6 Å². The maximum atomic E-state index is 12.4. The third-order valence-electron chi connectivity index (χ3n) is 3.75. The zero-order chi connectivity index (χ0) is 18.6. The minimum atomic E-state index is -3.84. The van der Waals surface area contributed by atoms with E-state index in [1.165, 1.54) is 12.1 Å². The van der Waals surface area contributed by atoms with E-state index in [0.29, 0.717) is 16.8 Å². The van der Waals surface area contributed by atoms with E-state index in [-0.39, 0.29) is 10.7 Å². The van der Waals surface area contributed by atoms with Gasteiger partial charge in [-0.15, -0.1) is 5.11 Å². The Kier molecular flexibility index (Phi) is 5.04. The van der Waals surface area contributed by atoms with Gasteiger partial charge in [0.25, 0.3) is 10.0 Å². The highest BCUT2D eigenvalue weighted by molar-refractivity contribution is 7.90. The number of nitrogens with zero attached hydrogens (tertiary/aromatic N) is 2. The molecule has 26 heavy (non-hydrogen) atoms. The highest BCUT2D eigenvalue weighted by atomic mass is 32.2. The number of carbonyl (C=O) groups excluding carboxylic acids is 1. The summed E-state index contributed by atoms with van der Waals surface area (Å²) in [6.07, 6.45) is 0. The van der Waals surface area contributed by atoms with Gasteiger partial charge in [-0.1, -0.05) is 52.5 Å². The van der Waals surface area contributed by atoms with Crippen molar-refractivity contribution in [3.05, 3.63) is 95.6 Å². The number of sulfonamides is 1. The molecule has 5 nitrogen and oxygen atoms in total. The molecule has 0 atom stereocenters. The molecule has 0 aliphatic heterocycles. The first kappa shape index (κ1) is 17.7. The number of benzene rings is 3. The Hall–Kier alpha value is -3.12. The first-order valence-electron chi connectivity index (χ1n) is 7.90. The molecular weight excluding hydrogens is 348 g/mol. The molecule has 0 N–H and O–H groups in total. The smallest absolute Gasteiger partial charge is 0.289 e. The number of hydrogen-bond donors (Lipinski definition) is 0. The van der Waals surface area contributed by atoms with Crippen LogP contribution in [0.15, 0.2) is 93.4 Å². The Morgan fingerprint density at radius 1 is 0.769 bits per heavy atom. The van der Waals surface area contributed by atoms with Crippen LogP contribution in [0.5, 0.6) is 0 Å². The molecule has 3 aromatic carbocycles. The molecule has 0 saturated heterocycles. The van der Waals surface area contributed by atoms with Crippen molar-refractivity contribution >= 4 is 21.5 Å². The maximum absolute atomic E-state index is 12.4. The van der Waals surface area contributed by atoms with E-state index in [4.69, 9.17) is 0 Å². The van der Waals surface area contributed by atoms with E-state index in [9.17, 15) is 13.2 Å². The molecule has 6 heteroatoms. The van der Waals surface area contributed by atoms with E-state index < -0.39 is 10.0 Å². The SMILES string of the molecule is Cc1ccc(C(=O)c2ccc(N=NS(=O)(=O)c3ccccc3)cc2)cc1. The number of rotatable bonds is 5. The molecule has 0 heterocycles.